The summed E-state index contributed by atoms with van der Waals surface area (Å²) >= 11 is 1.33. The summed E-state index contributed by atoms with van der Waals surface area (Å²) in [6, 6.07) is 9.56. The van der Waals surface area contributed by atoms with Gasteiger partial charge in [-0.1, -0.05) is 41.7 Å². The number of hydrogen-bond donors (Lipinski definition) is 2. The Balaban J connectivity index is 1.61. The number of benzene rings is 1. The quantitative estimate of drug-likeness (QED) is 0.646. The number of hydrogen-bond acceptors (Lipinski definition) is 6. The van der Waals surface area contributed by atoms with Gasteiger partial charge in [0.05, 0.1) is 11.9 Å². The van der Waals surface area contributed by atoms with Crippen LogP contribution in [0, 0.1) is 0 Å². The Labute approximate surface area is 172 Å². The molecule has 3 amide bonds. The van der Waals surface area contributed by atoms with Crippen molar-refractivity contribution in [3.8, 4) is 0 Å². The van der Waals surface area contributed by atoms with Gasteiger partial charge in [0.1, 0.15) is 11.6 Å². The summed E-state index contributed by atoms with van der Waals surface area (Å²) in [5, 5.41) is 19.0. The van der Waals surface area contributed by atoms with Crippen molar-refractivity contribution in [2.45, 2.75) is 25.8 Å². The van der Waals surface area contributed by atoms with Crippen LogP contribution in [0.15, 0.2) is 42.7 Å². The van der Waals surface area contributed by atoms with Crippen LogP contribution in [0.1, 0.15) is 24.4 Å². The Morgan fingerprint density at radius 1 is 1.14 bits per heavy atom. The van der Waals surface area contributed by atoms with Crippen LogP contribution in [-0.2, 0) is 16.8 Å². The number of carbonyl (C=O) groups excluding carboxylic acids is 2. The van der Waals surface area contributed by atoms with E-state index in [1.165, 1.54) is 27.1 Å². The summed E-state index contributed by atoms with van der Waals surface area (Å²) < 4.78 is 1.46. The molecular weight excluding hydrogens is 390 g/mol. The number of rotatable bonds is 6. The largest absolute Gasteiger partial charge is 0.347 e. The first kappa shape index (κ1) is 20.5. The molecule has 0 radical (unpaired) electrons. The smallest absolute Gasteiger partial charge is 0.325 e. The lowest BCUT2D eigenvalue weighted by Crippen LogP contribution is -2.26. The lowest BCUT2D eigenvalue weighted by Gasteiger charge is -2.21. The van der Waals surface area contributed by atoms with Crippen LogP contribution in [0.2, 0.25) is 0 Å². The predicted octanol–water partition coefficient (Wildman–Crippen LogP) is 2.79. The van der Waals surface area contributed by atoms with Crippen LogP contribution in [-0.4, -0.2) is 50.9 Å². The molecule has 29 heavy (non-hydrogen) atoms. The molecule has 2 N–H and O–H groups in total. The summed E-state index contributed by atoms with van der Waals surface area (Å²) in [5.74, 6) is -0.0912. The molecule has 0 spiro atoms. The number of nitrogens with one attached hydrogen (secondary N) is 2. The number of aromatic nitrogens is 4. The van der Waals surface area contributed by atoms with Crippen LogP contribution in [0.3, 0.4) is 0 Å². The number of anilines is 2. The van der Waals surface area contributed by atoms with Gasteiger partial charge in [0, 0.05) is 25.7 Å². The number of amides is 3. The van der Waals surface area contributed by atoms with Crippen LogP contribution >= 0.6 is 11.3 Å². The van der Waals surface area contributed by atoms with Gasteiger partial charge in [0.25, 0.3) is 0 Å². The van der Waals surface area contributed by atoms with Crippen molar-refractivity contribution < 1.29 is 9.59 Å². The van der Waals surface area contributed by atoms with Crippen LogP contribution in [0.5, 0.6) is 0 Å². The molecule has 0 atom stereocenters. The predicted molar refractivity (Wildman–Crippen MR) is 112 cm³/mol. The van der Waals surface area contributed by atoms with E-state index in [4.69, 9.17) is 0 Å². The minimum atomic E-state index is -0.455. The van der Waals surface area contributed by atoms with E-state index in [9.17, 15) is 9.59 Å². The summed E-state index contributed by atoms with van der Waals surface area (Å²) in [6.07, 6.45) is 3.07. The first-order valence-electron chi connectivity index (χ1n) is 8.96. The average Bonchev–Trinajstić information content (AvgIpc) is 3.32. The molecule has 0 bridgehead atoms. The van der Waals surface area contributed by atoms with Gasteiger partial charge in [-0.15, -0.1) is 10.2 Å². The standard InChI is InChI=1S/C19H23N7O2S/c1-19(2,13-8-6-5-7-9-13)16-23-24-18(29-16)22-17(28)21-14-10-20-26(11-14)12-15(27)25(3)4/h5-11H,12H2,1-4H3,(H2,21,22,24,28). The molecule has 10 heteroatoms. The zero-order valence-corrected chi connectivity index (χ0v) is 17.5. The topological polar surface area (TPSA) is 105 Å². The highest BCUT2D eigenvalue weighted by atomic mass is 32.1. The summed E-state index contributed by atoms with van der Waals surface area (Å²) in [4.78, 5) is 25.5. The second-order valence-corrected chi connectivity index (χ2v) is 8.17. The Bertz CT molecular complexity index is 995. The van der Waals surface area contributed by atoms with Crippen molar-refractivity contribution in [2.24, 2.45) is 0 Å². The Morgan fingerprint density at radius 3 is 2.55 bits per heavy atom. The van der Waals surface area contributed by atoms with Gasteiger partial charge in [0.2, 0.25) is 11.0 Å². The van der Waals surface area contributed by atoms with Gasteiger partial charge in [-0.2, -0.15) is 5.10 Å². The highest BCUT2D eigenvalue weighted by Gasteiger charge is 2.27. The van der Waals surface area contributed by atoms with E-state index in [2.05, 4.69) is 39.8 Å². The monoisotopic (exact) mass is 413 g/mol. The molecule has 0 aliphatic heterocycles. The van der Waals surface area contributed by atoms with Gasteiger partial charge in [-0.3, -0.25) is 14.8 Å². The highest BCUT2D eigenvalue weighted by Crippen LogP contribution is 2.34. The van der Waals surface area contributed by atoms with E-state index < -0.39 is 6.03 Å². The maximum Gasteiger partial charge on any atom is 0.325 e. The molecule has 3 aromatic rings. The van der Waals surface area contributed by atoms with Gasteiger partial charge in [0.15, 0.2) is 0 Å². The minimum Gasteiger partial charge on any atom is -0.347 e. The van der Waals surface area contributed by atoms with Gasteiger partial charge < -0.3 is 10.2 Å². The van der Waals surface area contributed by atoms with E-state index in [0.717, 1.165) is 10.6 Å². The molecule has 2 aromatic heterocycles. The van der Waals surface area contributed by atoms with Gasteiger partial charge >= 0.3 is 6.03 Å². The third-order valence-corrected chi connectivity index (χ3v) is 5.53. The fourth-order valence-electron chi connectivity index (χ4n) is 2.56. The molecule has 1 aromatic carbocycles. The van der Waals surface area contributed by atoms with Crippen molar-refractivity contribution in [1.82, 2.24) is 24.9 Å². The van der Waals surface area contributed by atoms with Gasteiger partial charge in [-0.05, 0) is 19.4 Å². The first-order valence-corrected chi connectivity index (χ1v) is 9.77. The van der Waals surface area contributed by atoms with Crippen molar-refractivity contribution in [3.63, 3.8) is 0 Å². The maximum atomic E-state index is 12.3. The molecule has 3 rings (SSSR count). The number of nitrogens with zero attached hydrogens (tertiary/aromatic N) is 5. The molecule has 0 fully saturated rings. The summed E-state index contributed by atoms with van der Waals surface area (Å²) in [6.45, 7) is 4.23. The average molecular weight is 414 g/mol. The van der Waals surface area contributed by atoms with Crippen molar-refractivity contribution in [2.75, 3.05) is 24.7 Å². The molecule has 0 aliphatic carbocycles. The van der Waals surface area contributed by atoms with E-state index >= 15 is 0 Å². The maximum absolute atomic E-state index is 12.3. The van der Waals surface area contributed by atoms with Crippen LogP contribution < -0.4 is 10.6 Å². The number of carbonyl (C=O) groups is 2. The molecule has 2 heterocycles. The minimum absolute atomic E-state index is 0.0912. The third kappa shape index (κ3) is 4.96. The Morgan fingerprint density at radius 2 is 1.86 bits per heavy atom. The molecule has 0 saturated heterocycles. The molecule has 9 nitrogen and oxygen atoms in total. The lowest BCUT2D eigenvalue weighted by atomic mass is 9.85. The molecule has 152 valence electrons. The zero-order valence-electron chi connectivity index (χ0n) is 16.7. The fraction of sp³-hybridized carbons (Fsp3) is 0.316. The van der Waals surface area contributed by atoms with E-state index in [1.54, 1.807) is 20.3 Å². The van der Waals surface area contributed by atoms with Crippen molar-refractivity contribution in [3.05, 3.63) is 53.3 Å². The lowest BCUT2D eigenvalue weighted by molar-refractivity contribution is -0.129. The zero-order chi connectivity index (χ0) is 21.0. The Hall–Kier alpha value is -3.27. The second-order valence-electron chi connectivity index (χ2n) is 7.20. The fourth-order valence-corrected chi connectivity index (χ4v) is 3.42. The Kier molecular flexibility index (Phi) is 5.92. The van der Waals surface area contributed by atoms with Gasteiger partial charge in [-0.25, -0.2) is 4.79 Å². The van der Waals surface area contributed by atoms with Crippen molar-refractivity contribution in [1.29, 1.82) is 0 Å². The molecular formula is C19H23N7O2S. The molecule has 0 unspecified atom stereocenters. The van der Waals surface area contributed by atoms with E-state index in [1.807, 2.05) is 30.3 Å². The van der Waals surface area contributed by atoms with Crippen molar-refractivity contribution >= 4 is 34.1 Å². The van der Waals surface area contributed by atoms with Crippen LogP contribution in [0.4, 0.5) is 15.6 Å². The summed E-state index contributed by atoms with van der Waals surface area (Å²) in [5.41, 5.74) is 1.27. The SMILES string of the molecule is CN(C)C(=O)Cn1cc(NC(=O)Nc2nnc(C(C)(C)c3ccccc3)s2)cn1. The van der Waals surface area contributed by atoms with Crippen LogP contribution in [0.25, 0.3) is 0 Å². The molecule has 0 saturated carbocycles. The number of likely N-dealkylation sites (N-methyl/N-ethyl adjacent to an activating group) is 1. The van der Waals surface area contributed by atoms with E-state index in [-0.39, 0.29) is 17.9 Å². The number of urea groups is 1. The second kappa shape index (κ2) is 8.39. The third-order valence-electron chi connectivity index (χ3n) is 4.36. The van der Waals surface area contributed by atoms with E-state index in [0.29, 0.717) is 10.8 Å². The summed E-state index contributed by atoms with van der Waals surface area (Å²) in [7, 11) is 3.35. The first-order chi connectivity index (χ1) is 13.8. The normalized spacial score (nSPS) is 11.2. The molecule has 0 aliphatic rings. The highest BCUT2D eigenvalue weighted by molar-refractivity contribution is 7.15.